The molecule has 0 bridgehead atoms. The van der Waals surface area contributed by atoms with Gasteiger partial charge in [0.2, 0.25) is 0 Å². The molecular formula is C9H21NOS. The van der Waals surface area contributed by atoms with E-state index in [4.69, 9.17) is 10.8 Å². The summed E-state index contributed by atoms with van der Waals surface area (Å²) in [5, 5.41) is 8.75. The van der Waals surface area contributed by atoms with Gasteiger partial charge in [-0.15, -0.1) is 0 Å². The highest BCUT2D eigenvalue weighted by Crippen LogP contribution is 2.10. The Balaban J connectivity index is 3.00. The van der Waals surface area contributed by atoms with Gasteiger partial charge in [-0.2, -0.15) is 11.8 Å². The van der Waals surface area contributed by atoms with Gasteiger partial charge in [-0.05, 0) is 37.2 Å². The van der Waals surface area contributed by atoms with E-state index >= 15 is 0 Å². The Kier molecular flexibility index (Phi) is 8.07. The minimum absolute atomic E-state index is 0.306. The van der Waals surface area contributed by atoms with Crippen molar-refractivity contribution in [1.82, 2.24) is 0 Å². The number of thioether (sulfide) groups is 1. The van der Waals surface area contributed by atoms with E-state index in [9.17, 15) is 0 Å². The zero-order chi connectivity index (χ0) is 9.40. The molecule has 0 aromatic carbocycles. The smallest absolute Gasteiger partial charge is 0.0464 e. The van der Waals surface area contributed by atoms with Crippen molar-refractivity contribution in [3.63, 3.8) is 0 Å². The van der Waals surface area contributed by atoms with Gasteiger partial charge in [0.05, 0.1) is 0 Å². The maximum Gasteiger partial charge on any atom is 0.0464 e. The largest absolute Gasteiger partial charge is 0.396 e. The summed E-state index contributed by atoms with van der Waals surface area (Å²) in [5.41, 5.74) is 5.61. The molecule has 0 aliphatic heterocycles. The second-order valence-electron chi connectivity index (χ2n) is 3.48. The average Bonchev–Trinajstić information content (AvgIpc) is 2.03. The summed E-state index contributed by atoms with van der Waals surface area (Å²) in [5.74, 6) is 2.67. The van der Waals surface area contributed by atoms with Crippen molar-refractivity contribution in [2.45, 2.75) is 32.7 Å². The molecule has 0 aromatic rings. The van der Waals surface area contributed by atoms with Gasteiger partial charge < -0.3 is 10.8 Å². The maximum atomic E-state index is 8.75. The van der Waals surface area contributed by atoms with Crippen molar-refractivity contribution < 1.29 is 5.11 Å². The van der Waals surface area contributed by atoms with E-state index in [2.05, 4.69) is 6.92 Å². The second-order valence-corrected chi connectivity index (χ2v) is 4.63. The highest BCUT2D eigenvalue weighted by molar-refractivity contribution is 7.99. The van der Waals surface area contributed by atoms with Crippen LogP contribution in [0.1, 0.15) is 26.7 Å². The molecular weight excluding hydrogens is 170 g/mol. The lowest BCUT2D eigenvalue weighted by Crippen LogP contribution is -2.14. The monoisotopic (exact) mass is 191 g/mol. The fraction of sp³-hybridized carbons (Fsp3) is 1.00. The van der Waals surface area contributed by atoms with Crippen LogP contribution in [0, 0.1) is 5.92 Å². The highest BCUT2D eigenvalue weighted by atomic mass is 32.2. The van der Waals surface area contributed by atoms with Crippen LogP contribution in [0.4, 0.5) is 0 Å². The van der Waals surface area contributed by atoms with Crippen LogP contribution in [0.25, 0.3) is 0 Å². The van der Waals surface area contributed by atoms with Crippen molar-refractivity contribution in [1.29, 1.82) is 0 Å². The minimum atomic E-state index is 0.306. The summed E-state index contributed by atoms with van der Waals surface area (Å²) in [6.45, 7) is 4.42. The molecule has 0 fully saturated rings. The van der Waals surface area contributed by atoms with Crippen LogP contribution in [-0.4, -0.2) is 29.3 Å². The normalized spacial score (nSPS) is 16.0. The van der Waals surface area contributed by atoms with Gasteiger partial charge in [0, 0.05) is 12.6 Å². The van der Waals surface area contributed by atoms with Crippen LogP contribution >= 0.6 is 11.8 Å². The van der Waals surface area contributed by atoms with Gasteiger partial charge in [-0.3, -0.25) is 0 Å². The van der Waals surface area contributed by atoms with Crippen molar-refractivity contribution in [3.8, 4) is 0 Å². The van der Waals surface area contributed by atoms with Crippen molar-refractivity contribution in [2.75, 3.05) is 18.1 Å². The summed E-state index contributed by atoms with van der Waals surface area (Å²) in [6.07, 6.45) is 2.31. The molecule has 2 unspecified atom stereocenters. The molecule has 2 atom stereocenters. The van der Waals surface area contributed by atoms with E-state index in [1.807, 2.05) is 18.7 Å². The molecule has 0 aliphatic carbocycles. The van der Waals surface area contributed by atoms with Crippen LogP contribution < -0.4 is 5.73 Å². The molecule has 0 aliphatic rings. The first-order valence-corrected chi connectivity index (χ1v) is 5.76. The van der Waals surface area contributed by atoms with Crippen molar-refractivity contribution >= 4 is 11.8 Å². The van der Waals surface area contributed by atoms with Gasteiger partial charge in [-0.1, -0.05) is 6.92 Å². The number of aliphatic hydroxyl groups excluding tert-OH is 1. The Morgan fingerprint density at radius 3 is 2.58 bits per heavy atom. The summed E-state index contributed by atoms with van der Waals surface area (Å²) < 4.78 is 0. The summed E-state index contributed by atoms with van der Waals surface area (Å²) in [7, 11) is 0. The van der Waals surface area contributed by atoms with Crippen LogP contribution in [0.3, 0.4) is 0 Å². The first-order chi connectivity index (χ1) is 5.66. The lowest BCUT2D eigenvalue weighted by Gasteiger charge is -2.07. The maximum absolute atomic E-state index is 8.75. The summed E-state index contributed by atoms with van der Waals surface area (Å²) >= 11 is 1.91. The fourth-order valence-electron chi connectivity index (χ4n) is 0.845. The number of rotatable bonds is 7. The lowest BCUT2D eigenvalue weighted by molar-refractivity contribution is 0.250. The van der Waals surface area contributed by atoms with Gasteiger partial charge in [0.1, 0.15) is 0 Å². The van der Waals surface area contributed by atoms with E-state index in [0.717, 1.165) is 12.2 Å². The number of nitrogens with two attached hydrogens (primary N) is 1. The lowest BCUT2D eigenvalue weighted by atomic mass is 10.2. The molecule has 0 spiro atoms. The van der Waals surface area contributed by atoms with E-state index in [0.29, 0.717) is 18.6 Å². The third-order valence-electron chi connectivity index (χ3n) is 1.66. The van der Waals surface area contributed by atoms with Crippen LogP contribution in [0.15, 0.2) is 0 Å². The van der Waals surface area contributed by atoms with Gasteiger partial charge in [0.15, 0.2) is 0 Å². The molecule has 12 heavy (non-hydrogen) atoms. The van der Waals surface area contributed by atoms with Gasteiger partial charge >= 0.3 is 0 Å². The topological polar surface area (TPSA) is 46.2 Å². The Labute approximate surface area is 79.9 Å². The predicted molar refractivity (Wildman–Crippen MR) is 56.5 cm³/mol. The second kappa shape index (κ2) is 7.90. The third kappa shape index (κ3) is 8.37. The zero-order valence-corrected chi connectivity index (χ0v) is 8.94. The molecule has 3 N–H and O–H groups in total. The Morgan fingerprint density at radius 2 is 2.08 bits per heavy atom. The van der Waals surface area contributed by atoms with Crippen LogP contribution in [-0.2, 0) is 0 Å². The Bertz CT molecular complexity index is 98.5. The highest BCUT2D eigenvalue weighted by Gasteiger charge is 1.99. The molecule has 3 heteroatoms. The number of hydrogen-bond acceptors (Lipinski definition) is 3. The molecule has 74 valence electrons. The van der Waals surface area contributed by atoms with E-state index in [1.54, 1.807) is 0 Å². The molecule has 0 rings (SSSR count). The van der Waals surface area contributed by atoms with Crippen molar-refractivity contribution in [2.24, 2.45) is 11.7 Å². The van der Waals surface area contributed by atoms with E-state index < -0.39 is 0 Å². The summed E-state index contributed by atoms with van der Waals surface area (Å²) in [4.78, 5) is 0. The number of aliphatic hydroxyl groups is 1. The zero-order valence-electron chi connectivity index (χ0n) is 8.12. The standard InChI is InChI=1S/C9H21NOS/c1-8(6-11)7-12-5-3-4-9(2)10/h8-9,11H,3-7,10H2,1-2H3. The average molecular weight is 191 g/mol. The third-order valence-corrected chi connectivity index (χ3v) is 3.04. The molecule has 0 saturated carbocycles. The molecule has 0 amide bonds. The minimum Gasteiger partial charge on any atom is -0.396 e. The van der Waals surface area contributed by atoms with Gasteiger partial charge in [-0.25, -0.2) is 0 Å². The molecule has 0 saturated heterocycles. The van der Waals surface area contributed by atoms with Crippen LogP contribution in [0.5, 0.6) is 0 Å². The Morgan fingerprint density at radius 1 is 1.42 bits per heavy atom. The molecule has 0 heterocycles. The molecule has 0 radical (unpaired) electrons. The predicted octanol–water partition coefficient (Wildman–Crippen LogP) is 1.48. The van der Waals surface area contributed by atoms with Crippen molar-refractivity contribution in [3.05, 3.63) is 0 Å². The van der Waals surface area contributed by atoms with Crippen LogP contribution in [0.2, 0.25) is 0 Å². The summed E-state index contributed by atoms with van der Waals surface area (Å²) in [6, 6.07) is 0.334. The fourth-order valence-corrected chi connectivity index (χ4v) is 1.89. The Hall–Kier alpha value is 0.270. The molecule has 2 nitrogen and oxygen atoms in total. The number of hydrogen-bond donors (Lipinski definition) is 2. The van der Waals surface area contributed by atoms with E-state index in [1.165, 1.54) is 12.2 Å². The first kappa shape index (κ1) is 12.3. The first-order valence-electron chi connectivity index (χ1n) is 4.61. The quantitative estimate of drug-likeness (QED) is 0.599. The van der Waals surface area contributed by atoms with Gasteiger partial charge in [0.25, 0.3) is 0 Å². The van der Waals surface area contributed by atoms with E-state index in [-0.39, 0.29) is 0 Å². The SMILES string of the molecule is CC(N)CCCSCC(C)CO. The molecule has 0 aromatic heterocycles.